The SMILES string of the molecule is O=C(OCc1nc(-c2ccc(F)cc2)no1)C1=Cc2ccccc2OC1. The van der Waals surface area contributed by atoms with E-state index in [2.05, 4.69) is 10.1 Å². The monoisotopic (exact) mass is 352 g/mol. The Morgan fingerprint density at radius 1 is 1.15 bits per heavy atom. The molecule has 2 aromatic carbocycles. The van der Waals surface area contributed by atoms with Crippen LogP contribution in [0.25, 0.3) is 17.5 Å². The first-order valence-corrected chi connectivity index (χ1v) is 7.87. The molecule has 26 heavy (non-hydrogen) atoms. The maximum atomic E-state index is 12.9. The van der Waals surface area contributed by atoms with E-state index >= 15 is 0 Å². The summed E-state index contributed by atoms with van der Waals surface area (Å²) in [7, 11) is 0. The topological polar surface area (TPSA) is 74.5 Å². The van der Waals surface area contributed by atoms with Gasteiger partial charge in [0.15, 0.2) is 6.61 Å². The van der Waals surface area contributed by atoms with Crippen LogP contribution in [0.4, 0.5) is 4.39 Å². The highest BCUT2D eigenvalue weighted by molar-refractivity contribution is 5.95. The molecule has 1 aliphatic rings. The van der Waals surface area contributed by atoms with Crippen LogP contribution in [0.15, 0.2) is 58.6 Å². The molecule has 0 amide bonds. The second kappa shape index (κ2) is 6.79. The van der Waals surface area contributed by atoms with E-state index in [0.717, 1.165) is 11.3 Å². The molecule has 0 fully saturated rings. The maximum absolute atomic E-state index is 12.9. The lowest BCUT2D eigenvalue weighted by Crippen LogP contribution is -2.17. The van der Waals surface area contributed by atoms with Gasteiger partial charge in [-0.3, -0.25) is 0 Å². The van der Waals surface area contributed by atoms with Gasteiger partial charge in [0, 0.05) is 11.1 Å². The van der Waals surface area contributed by atoms with Gasteiger partial charge in [0.2, 0.25) is 5.82 Å². The van der Waals surface area contributed by atoms with Gasteiger partial charge in [-0.05, 0) is 36.4 Å². The van der Waals surface area contributed by atoms with E-state index in [-0.39, 0.29) is 24.9 Å². The molecule has 1 aliphatic heterocycles. The molecule has 0 atom stereocenters. The van der Waals surface area contributed by atoms with E-state index in [1.807, 2.05) is 24.3 Å². The zero-order chi connectivity index (χ0) is 17.9. The largest absolute Gasteiger partial charge is 0.488 e. The number of rotatable bonds is 4. The minimum Gasteiger partial charge on any atom is -0.488 e. The first kappa shape index (κ1) is 16.0. The number of benzene rings is 2. The molecular weight excluding hydrogens is 339 g/mol. The van der Waals surface area contributed by atoms with Crippen LogP contribution in [0.2, 0.25) is 0 Å². The predicted molar refractivity (Wildman–Crippen MR) is 89.4 cm³/mol. The molecular formula is C19H13FN2O4. The van der Waals surface area contributed by atoms with E-state index < -0.39 is 5.97 Å². The first-order valence-electron chi connectivity index (χ1n) is 7.87. The van der Waals surface area contributed by atoms with Crippen LogP contribution in [-0.4, -0.2) is 22.7 Å². The number of nitrogens with zero attached hydrogens (tertiary/aromatic N) is 2. The van der Waals surface area contributed by atoms with Gasteiger partial charge < -0.3 is 14.0 Å². The number of hydrogen-bond donors (Lipinski definition) is 0. The minimum atomic E-state index is -0.513. The summed E-state index contributed by atoms with van der Waals surface area (Å²) < 4.78 is 28.7. The van der Waals surface area contributed by atoms with Crippen LogP contribution in [0.1, 0.15) is 11.5 Å². The molecule has 3 aromatic rings. The van der Waals surface area contributed by atoms with Crippen molar-refractivity contribution in [2.45, 2.75) is 6.61 Å². The molecule has 0 N–H and O–H groups in total. The predicted octanol–water partition coefficient (Wildman–Crippen LogP) is 3.39. The number of hydrogen-bond acceptors (Lipinski definition) is 6. The van der Waals surface area contributed by atoms with Crippen molar-refractivity contribution in [1.82, 2.24) is 10.1 Å². The van der Waals surface area contributed by atoms with Crippen LogP contribution in [-0.2, 0) is 16.1 Å². The van der Waals surface area contributed by atoms with Gasteiger partial charge in [0.25, 0.3) is 5.89 Å². The van der Waals surface area contributed by atoms with Crippen LogP contribution >= 0.6 is 0 Å². The number of carbonyl (C=O) groups is 1. The number of aromatic nitrogens is 2. The average Bonchev–Trinajstić information content (AvgIpc) is 3.15. The standard InChI is InChI=1S/C19H13FN2O4/c20-15-7-5-12(6-8-15)18-21-17(26-22-18)11-25-19(23)14-9-13-3-1-2-4-16(13)24-10-14/h1-9H,10-11H2. The number of esters is 1. The second-order valence-corrected chi connectivity index (χ2v) is 5.59. The first-order chi connectivity index (χ1) is 12.7. The lowest BCUT2D eigenvalue weighted by atomic mass is 10.1. The molecule has 0 radical (unpaired) electrons. The van der Waals surface area contributed by atoms with Gasteiger partial charge in [-0.1, -0.05) is 23.4 Å². The highest BCUT2D eigenvalue weighted by Gasteiger charge is 2.19. The molecule has 6 nitrogen and oxygen atoms in total. The third-order valence-corrected chi connectivity index (χ3v) is 3.79. The zero-order valence-electron chi connectivity index (χ0n) is 13.5. The lowest BCUT2D eigenvalue weighted by molar-refractivity contribution is -0.141. The Morgan fingerprint density at radius 3 is 2.81 bits per heavy atom. The summed E-state index contributed by atoms with van der Waals surface area (Å²) in [6.45, 7) is -0.0213. The molecule has 4 rings (SSSR count). The minimum absolute atomic E-state index is 0.139. The highest BCUT2D eigenvalue weighted by atomic mass is 19.1. The molecule has 0 bridgehead atoms. The quantitative estimate of drug-likeness (QED) is 0.670. The number of halogens is 1. The summed E-state index contributed by atoms with van der Waals surface area (Å²) in [5, 5.41) is 3.80. The smallest absolute Gasteiger partial charge is 0.338 e. The van der Waals surface area contributed by atoms with E-state index in [1.165, 1.54) is 24.3 Å². The van der Waals surface area contributed by atoms with Gasteiger partial charge in [-0.25, -0.2) is 9.18 Å². The Morgan fingerprint density at radius 2 is 1.96 bits per heavy atom. The highest BCUT2D eigenvalue weighted by Crippen LogP contribution is 2.26. The van der Waals surface area contributed by atoms with Crippen molar-refractivity contribution >= 4 is 12.0 Å². The van der Waals surface area contributed by atoms with Gasteiger partial charge >= 0.3 is 5.97 Å². The normalized spacial score (nSPS) is 12.7. The van der Waals surface area contributed by atoms with E-state index in [0.29, 0.717) is 17.0 Å². The van der Waals surface area contributed by atoms with Crippen molar-refractivity contribution in [3.63, 3.8) is 0 Å². The lowest BCUT2D eigenvalue weighted by Gasteiger charge is -2.16. The van der Waals surface area contributed by atoms with Crippen molar-refractivity contribution in [2.75, 3.05) is 6.61 Å². The van der Waals surface area contributed by atoms with Gasteiger partial charge in [-0.15, -0.1) is 0 Å². The van der Waals surface area contributed by atoms with E-state index in [4.69, 9.17) is 14.0 Å². The molecule has 0 aliphatic carbocycles. The van der Waals surface area contributed by atoms with Crippen LogP contribution < -0.4 is 4.74 Å². The number of carbonyl (C=O) groups excluding carboxylic acids is 1. The summed E-state index contributed by atoms with van der Waals surface area (Å²) >= 11 is 0. The molecule has 1 aromatic heterocycles. The molecule has 0 saturated heterocycles. The Balaban J connectivity index is 1.41. The maximum Gasteiger partial charge on any atom is 0.338 e. The van der Waals surface area contributed by atoms with Crippen molar-refractivity contribution in [3.8, 4) is 17.1 Å². The summed E-state index contributed by atoms with van der Waals surface area (Å²) in [6.07, 6.45) is 1.74. The van der Waals surface area contributed by atoms with Crippen molar-refractivity contribution in [2.24, 2.45) is 0 Å². The molecule has 2 heterocycles. The molecule has 130 valence electrons. The Labute approximate surface area is 147 Å². The van der Waals surface area contributed by atoms with Gasteiger partial charge in [0.05, 0.1) is 5.57 Å². The average molecular weight is 352 g/mol. The summed E-state index contributed by atoms with van der Waals surface area (Å²) in [5.41, 5.74) is 1.83. The fraction of sp³-hybridized carbons (Fsp3) is 0.105. The summed E-state index contributed by atoms with van der Waals surface area (Å²) in [5.74, 6) is 0.308. The molecule has 0 unspecified atom stereocenters. The fourth-order valence-corrected chi connectivity index (χ4v) is 2.48. The Bertz CT molecular complexity index is 979. The number of ether oxygens (including phenoxy) is 2. The molecule has 7 heteroatoms. The third-order valence-electron chi connectivity index (χ3n) is 3.79. The molecule has 0 spiro atoms. The van der Waals surface area contributed by atoms with Crippen LogP contribution in [0, 0.1) is 5.82 Å². The summed E-state index contributed by atoms with van der Waals surface area (Å²) in [6, 6.07) is 13.1. The molecule has 0 saturated carbocycles. The van der Waals surface area contributed by atoms with Crippen LogP contribution in [0.5, 0.6) is 5.75 Å². The number of fused-ring (bicyclic) bond motifs is 1. The van der Waals surface area contributed by atoms with Crippen molar-refractivity contribution in [1.29, 1.82) is 0 Å². The van der Waals surface area contributed by atoms with E-state index in [1.54, 1.807) is 6.08 Å². The fourth-order valence-electron chi connectivity index (χ4n) is 2.48. The second-order valence-electron chi connectivity index (χ2n) is 5.59. The van der Waals surface area contributed by atoms with Gasteiger partial charge in [-0.2, -0.15) is 4.98 Å². The third kappa shape index (κ3) is 3.32. The number of para-hydroxylation sites is 1. The zero-order valence-corrected chi connectivity index (χ0v) is 13.5. The van der Waals surface area contributed by atoms with Crippen molar-refractivity contribution < 1.29 is 23.2 Å². The Hall–Kier alpha value is -3.48. The Kier molecular flexibility index (Phi) is 4.18. The summed E-state index contributed by atoms with van der Waals surface area (Å²) in [4.78, 5) is 16.3. The van der Waals surface area contributed by atoms with Crippen LogP contribution in [0.3, 0.4) is 0 Å². The van der Waals surface area contributed by atoms with Crippen molar-refractivity contribution in [3.05, 3.63) is 71.4 Å². The van der Waals surface area contributed by atoms with Gasteiger partial charge in [0.1, 0.15) is 18.2 Å². The van der Waals surface area contributed by atoms with E-state index in [9.17, 15) is 9.18 Å².